The zero-order valence-corrected chi connectivity index (χ0v) is 15.8. The molecule has 0 aromatic heterocycles. The molecule has 5 nitrogen and oxygen atoms in total. The molecule has 2 unspecified atom stereocenters. The van der Waals surface area contributed by atoms with Gasteiger partial charge in [-0.25, -0.2) is 0 Å². The molecule has 0 radical (unpaired) electrons. The summed E-state index contributed by atoms with van der Waals surface area (Å²) in [7, 11) is 1.68. The number of rotatable bonds is 7. The van der Waals surface area contributed by atoms with Gasteiger partial charge in [-0.15, -0.1) is 0 Å². The molecule has 1 fully saturated rings. The molecule has 28 heavy (non-hydrogen) atoms. The minimum Gasteiger partial charge on any atom is -0.434 e. The van der Waals surface area contributed by atoms with Crippen LogP contribution in [-0.2, 0) is 11.3 Å². The molecule has 0 amide bonds. The van der Waals surface area contributed by atoms with Gasteiger partial charge in [0.15, 0.2) is 5.96 Å². The van der Waals surface area contributed by atoms with E-state index < -0.39 is 6.61 Å². The second kappa shape index (κ2) is 10.0. The summed E-state index contributed by atoms with van der Waals surface area (Å²) >= 11 is 0. The number of ether oxygens (including phenoxy) is 2. The number of hydrogen-bond acceptors (Lipinski definition) is 3. The molecular formula is C21H25F2N3O2. The standard InChI is InChI=1S/C21H25F2N3O2/c1-24-21(25-13-16-9-5-6-10-18(16)28-20(22)23)26-14-17-11-12-27-19(17)15-7-3-2-4-8-15/h2-10,17,19-20H,11-14H2,1H3,(H2,24,25,26). The van der Waals surface area contributed by atoms with Crippen molar-refractivity contribution in [3.05, 3.63) is 65.7 Å². The largest absolute Gasteiger partial charge is 0.434 e. The molecule has 150 valence electrons. The van der Waals surface area contributed by atoms with E-state index in [0.717, 1.165) is 13.0 Å². The van der Waals surface area contributed by atoms with E-state index in [1.54, 1.807) is 25.2 Å². The van der Waals surface area contributed by atoms with Crippen LogP contribution in [0.1, 0.15) is 23.7 Å². The Balaban J connectivity index is 1.54. The van der Waals surface area contributed by atoms with E-state index in [4.69, 9.17) is 4.74 Å². The molecular weight excluding hydrogens is 364 g/mol. The van der Waals surface area contributed by atoms with Gasteiger partial charge < -0.3 is 20.1 Å². The first-order valence-electron chi connectivity index (χ1n) is 9.31. The Morgan fingerprint density at radius 3 is 2.64 bits per heavy atom. The molecule has 7 heteroatoms. The van der Waals surface area contributed by atoms with E-state index in [0.29, 0.717) is 30.5 Å². The first-order valence-corrected chi connectivity index (χ1v) is 9.31. The van der Waals surface area contributed by atoms with Crippen LogP contribution in [-0.4, -0.2) is 32.8 Å². The molecule has 3 rings (SSSR count). The van der Waals surface area contributed by atoms with Crippen molar-refractivity contribution >= 4 is 5.96 Å². The minimum atomic E-state index is -2.85. The molecule has 1 heterocycles. The van der Waals surface area contributed by atoms with Crippen molar-refractivity contribution < 1.29 is 18.3 Å². The smallest absolute Gasteiger partial charge is 0.387 e. The maximum absolute atomic E-state index is 12.5. The van der Waals surface area contributed by atoms with Crippen LogP contribution in [0.3, 0.4) is 0 Å². The van der Waals surface area contributed by atoms with Crippen LogP contribution in [0.5, 0.6) is 5.75 Å². The highest BCUT2D eigenvalue weighted by Gasteiger charge is 2.29. The van der Waals surface area contributed by atoms with Crippen molar-refractivity contribution in [1.82, 2.24) is 10.6 Å². The number of guanidine groups is 1. The van der Waals surface area contributed by atoms with Crippen molar-refractivity contribution in [3.8, 4) is 5.75 Å². The molecule has 2 aromatic rings. The summed E-state index contributed by atoms with van der Waals surface area (Å²) in [5.74, 6) is 1.09. The molecule has 1 aliphatic rings. The van der Waals surface area contributed by atoms with E-state index >= 15 is 0 Å². The van der Waals surface area contributed by atoms with Crippen LogP contribution < -0.4 is 15.4 Å². The summed E-state index contributed by atoms with van der Waals surface area (Å²) in [6.45, 7) is -1.09. The molecule has 1 aliphatic heterocycles. The average molecular weight is 389 g/mol. The zero-order chi connectivity index (χ0) is 19.8. The fourth-order valence-corrected chi connectivity index (χ4v) is 3.34. The monoisotopic (exact) mass is 389 g/mol. The highest BCUT2D eigenvalue weighted by molar-refractivity contribution is 5.79. The number of aliphatic imine (C=N–C) groups is 1. The number of nitrogens with one attached hydrogen (secondary N) is 2. The molecule has 2 aromatic carbocycles. The maximum atomic E-state index is 12.5. The van der Waals surface area contributed by atoms with Gasteiger partial charge in [-0.1, -0.05) is 48.5 Å². The van der Waals surface area contributed by atoms with E-state index in [1.807, 2.05) is 18.2 Å². The summed E-state index contributed by atoms with van der Waals surface area (Å²) in [6, 6.07) is 16.9. The summed E-state index contributed by atoms with van der Waals surface area (Å²) in [4.78, 5) is 4.22. The third kappa shape index (κ3) is 5.42. The van der Waals surface area contributed by atoms with Gasteiger partial charge in [0.25, 0.3) is 0 Å². The molecule has 0 aliphatic carbocycles. The first-order chi connectivity index (χ1) is 13.7. The molecule has 2 N–H and O–H groups in total. The Kier molecular flexibility index (Phi) is 7.19. The fourth-order valence-electron chi connectivity index (χ4n) is 3.34. The first kappa shape index (κ1) is 20.1. The third-order valence-electron chi connectivity index (χ3n) is 4.73. The number of hydrogen-bond donors (Lipinski definition) is 2. The van der Waals surface area contributed by atoms with Crippen LogP contribution in [0.4, 0.5) is 8.78 Å². The summed E-state index contributed by atoms with van der Waals surface area (Å²) in [6.07, 6.45) is 1.03. The lowest BCUT2D eigenvalue weighted by Crippen LogP contribution is -2.40. The predicted octanol–water partition coefficient (Wildman–Crippen LogP) is 3.73. The summed E-state index contributed by atoms with van der Waals surface area (Å²) in [5, 5.41) is 6.46. The Morgan fingerprint density at radius 1 is 1.14 bits per heavy atom. The van der Waals surface area contributed by atoms with Crippen molar-refractivity contribution in [2.24, 2.45) is 10.9 Å². The highest BCUT2D eigenvalue weighted by atomic mass is 19.3. The minimum absolute atomic E-state index is 0.0620. The van der Waals surface area contributed by atoms with Crippen molar-refractivity contribution in [1.29, 1.82) is 0 Å². The van der Waals surface area contributed by atoms with Gasteiger partial charge in [-0.05, 0) is 18.1 Å². The molecule has 1 saturated heterocycles. The predicted molar refractivity (Wildman–Crippen MR) is 105 cm³/mol. The second-order valence-electron chi connectivity index (χ2n) is 6.54. The Labute approximate surface area is 163 Å². The Morgan fingerprint density at radius 2 is 1.89 bits per heavy atom. The van der Waals surface area contributed by atoms with Crippen LogP contribution >= 0.6 is 0 Å². The highest BCUT2D eigenvalue weighted by Crippen LogP contribution is 2.33. The fraction of sp³-hybridized carbons (Fsp3) is 0.381. The molecule has 0 saturated carbocycles. The van der Waals surface area contributed by atoms with Gasteiger partial charge in [0.1, 0.15) is 5.75 Å². The van der Waals surface area contributed by atoms with E-state index in [2.05, 4.69) is 32.5 Å². The molecule has 2 atom stereocenters. The number of alkyl halides is 2. The lowest BCUT2D eigenvalue weighted by atomic mass is 9.95. The zero-order valence-electron chi connectivity index (χ0n) is 15.8. The quantitative estimate of drug-likeness (QED) is 0.560. The van der Waals surface area contributed by atoms with Crippen LogP contribution in [0.2, 0.25) is 0 Å². The summed E-state index contributed by atoms with van der Waals surface area (Å²) < 4.78 is 35.6. The van der Waals surface area contributed by atoms with E-state index in [-0.39, 0.29) is 11.9 Å². The Hall–Kier alpha value is -2.67. The van der Waals surface area contributed by atoms with E-state index in [9.17, 15) is 8.78 Å². The lowest BCUT2D eigenvalue weighted by Gasteiger charge is -2.21. The third-order valence-corrected chi connectivity index (χ3v) is 4.73. The normalized spacial score (nSPS) is 19.6. The number of para-hydroxylation sites is 1. The van der Waals surface area contributed by atoms with Gasteiger partial charge >= 0.3 is 6.61 Å². The Bertz CT molecular complexity index is 771. The van der Waals surface area contributed by atoms with Gasteiger partial charge in [-0.3, -0.25) is 4.99 Å². The lowest BCUT2D eigenvalue weighted by molar-refractivity contribution is -0.0504. The van der Waals surface area contributed by atoms with Crippen LogP contribution in [0.15, 0.2) is 59.6 Å². The van der Waals surface area contributed by atoms with Gasteiger partial charge in [0.05, 0.1) is 6.10 Å². The van der Waals surface area contributed by atoms with E-state index in [1.165, 1.54) is 11.6 Å². The van der Waals surface area contributed by atoms with Gasteiger partial charge in [-0.2, -0.15) is 8.78 Å². The maximum Gasteiger partial charge on any atom is 0.387 e. The van der Waals surface area contributed by atoms with Gasteiger partial charge in [0, 0.05) is 38.2 Å². The topological polar surface area (TPSA) is 54.9 Å². The van der Waals surface area contributed by atoms with Gasteiger partial charge in [0.2, 0.25) is 0 Å². The van der Waals surface area contributed by atoms with Crippen molar-refractivity contribution in [3.63, 3.8) is 0 Å². The van der Waals surface area contributed by atoms with Crippen molar-refractivity contribution in [2.75, 3.05) is 20.2 Å². The van der Waals surface area contributed by atoms with Crippen LogP contribution in [0.25, 0.3) is 0 Å². The molecule has 0 spiro atoms. The summed E-state index contributed by atoms with van der Waals surface area (Å²) in [5.41, 5.74) is 1.81. The van der Waals surface area contributed by atoms with Crippen molar-refractivity contribution in [2.45, 2.75) is 25.7 Å². The number of halogens is 2. The second-order valence-corrected chi connectivity index (χ2v) is 6.54. The number of nitrogens with zero attached hydrogens (tertiary/aromatic N) is 1. The molecule has 0 bridgehead atoms. The van der Waals surface area contributed by atoms with Crippen LogP contribution in [0, 0.1) is 5.92 Å². The average Bonchev–Trinajstić information content (AvgIpc) is 3.18. The SMILES string of the molecule is CN=C(NCc1ccccc1OC(F)F)NCC1CCOC1c1ccccc1. The number of benzene rings is 2.